The van der Waals surface area contributed by atoms with Crippen molar-refractivity contribution in [1.82, 2.24) is 29.9 Å². The Balaban J connectivity index is 1.46. The third-order valence-electron chi connectivity index (χ3n) is 12.3. The molecule has 0 spiro atoms. The third kappa shape index (κ3) is 10.2. The SMILES string of the molecule is CC(=O)Nc1cc(-c2c3nc(c(-c4ccc(C(C)(C)C)cc4)c4nc(c(-c5ccc(C(C)(C)C)cc5)c5ccc([nH]5)c(-c5cc(NC(C)=O)nc(NC(C)=O)c5)c5ccc2[nH]5)C=C4)C=C3)cc(NC(C)=O)n1. The maximum atomic E-state index is 12.5. The summed E-state index contributed by atoms with van der Waals surface area (Å²) in [6, 6.07) is 32.1. The van der Waals surface area contributed by atoms with Gasteiger partial charge in [0.15, 0.2) is 0 Å². The number of pyridine rings is 2. The number of hydrogen-bond donors (Lipinski definition) is 6. The fourth-order valence-corrected chi connectivity index (χ4v) is 9.02. The topological polar surface area (TPSA) is 200 Å². The van der Waals surface area contributed by atoms with Gasteiger partial charge in [0.2, 0.25) is 23.6 Å². The largest absolute Gasteiger partial charge is 0.354 e. The van der Waals surface area contributed by atoms with E-state index in [2.05, 4.69) is 131 Å². The number of hydrogen-bond acceptors (Lipinski definition) is 8. The average molecular weight is 957 g/mol. The van der Waals surface area contributed by atoms with Crippen molar-refractivity contribution < 1.29 is 19.2 Å². The van der Waals surface area contributed by atoms with Crippen LogP contribution in [0.1, 0.15) is 103 Å². The van der Waals surface area contributed by atoms with Gasteiger partial charge in [-0.2, -0.15) is 0 Å². The minimum Gasteiger partial charge on any atom is -0.354 e. The zero-order valence-corrected chi connectivity index (χ0v) is 42.0. The zero-order chi connectivity index (χ0) is 51.2. The van der Waals surface area contributed by atoms with Crippen LogP contribution in [0.5, 0.6) is 0 Å². The molecule has 0 atom stereocenters. The molecule has 72 heavy (non-hydrogen) atoms. The highest BCUT2D eigenvalue weighted by atomic mass is 16.2. The number of benzene rings is 2. The number of aromatic nitrogens is 6. The molecule has 0 aliphatic carbocycles. The first kappa shape index (κ1) is 48.3. The Bertz CT molecular complexity index is 3540. The summed E-state index contributed by atoms with van der Waals surface area (Å²) in [6.45, 7) is 18.7. The number of rotatable bonds is 8. The first-order valence-electron chi connectivity index (χ1n) is 23.7. The number of carbonyl (C=O) groups is 4. The number of H-pyrrole nitrogens is 2. The molecule has 0 radical (unpaired) electrons. The van der Waals surface area contributed by atoms with E-state index in [0.29, 0.717) is 50.2 Å². The molecule has 0 saturated heterocycles. The highest BCUT2D eigenvalue weighted by Crippen LogP contribution is 2.41. The summed E-state index contributed by atoms with van der Waals surface area (Å²) < 4.78 is 0. The van der Waals surface area contributed by atoms with Crippen molar-refractivity contribution in [2.24, 2.45) is 0 Å². The molecule has 14 nitrogen and oxygen atoms in total. The maximum Gasteiger partial charge on any atom is 0.222 e. The van der Waals surface area contributed by atoms with Crippen molar-refractivity contribution in [1.29, 1.82) is 0 Å². The molecule has 9 rings (SSSR count). The van der Waals surface area contributed by atoms with Gasteiger partial charge in [-0.3, -0.25) is 19.2 Å². The van der Waals surface area contributed by atoms with Crippen molar-refractivity contribution in [2.75, 3.05) is 21.3 Å². The molecule has 6 N–H and O–H groups in total. The Morgan fingerprint density at radius 1 is 0.361 bits per heavy atom. The van der Waals surface area contributed by atoms with E-state index < -0.39 is 0 Å². The number of amides is 4. The fourth-order valence-electron chi connectivity index (χ4n) is 9.02. The lowest BCUT2D eigenvalue weighted by Crippen LogP contribution is -2.11. The van der Waals surface area contributed by atoms with Crippen LogP contribution in [0.15, 0.2) is 97.1 Å². The molecule has 2 aliphatic rings. The van der Waals surface area contributed by atoms with E-state index in [1.807, 2.05) is 48.6 Å². The smallest absolute Gasteiger partial charge is 0.222 e. The molecule has 2 aliphatic heterocycles. The predicted octanol–water partition coefficient (Wildman–Crippen LogP) is 12.5. The molecule has 7 heterocycles. The minimum atomic E-state index is -0.341. The van der Waals surface area contributed by atoms with E-state index in [1.165, 1.54) is 38.8 Å². The molecule has 7 aromatic rings. The second-order valence-electron chi connectivity index (χ2n) is 20.1. The number of carbonyl (C=O) groups excluding carboxylic acids is 4. The molecular weight excluding hydrogens is 901 g/mol. The third-order valence-corrected chi connectivity index (χ3v) is 12.3. The highest BCUT2D eigenvalue weighted by molar-refractivity contribution is 6.03. The summed E-state index contributed by atoms with van der Waals surface area (Å²) in [5, 5.41) is 11.2. The molecule has 362 valence electrons. The van der Waals surface area contributed by atoms with Gasteiger partial charge in [-0.15, -0.1) is 0 Å². The molecule has 0 unspecified atom stereocenters. The predicted molar refractivity (Wildman–Crippen MR) is 291 cm³/mol. The standard InChI is InChI=1S/C58H56N10O4/c1-31(69)59-49-27-37(28-50(67-49)60-32(2)70)55-45-23-21-43(64-45)53(35-11-15-39(16-12-35)57(5,6)7)41-19-20-42(63-41)54(36-13-17-40(18-14-36)58(8,9)10)44-22-24-46(65-44)56(48-26-25-47(55)66-48)38-29-51(61-33(3)71)68-52(30-38)62-34(4)72/h11-30,64,66H,1-10H3,(H2,59,60,67,69,70)(H2,61,62,68,71,72). The van der Waals surface area contributed by atoms with E-state index in [-0.39, 0.29) is 57.7 Å². The quantitative estimate of drug-likeness (QED) is 0.0864. The van der Waals surface area contributed by atoms with Crippen molar-refractivity contribution in [3.8, 4) is 44.5 Å². The summed E-state index contributed by atoms with van der Waals surface area (Å²) in [6.07, 6.45) is 8.01. The van der Waals surface area contributed by atoms with Gasteiger partial charge in [0, 0.05) is 72.0 Å². The summed E-state index contributed by atoms with van der Waals surface area (Å²) in [7, 11) is 0. The van der Waals surface area contributed by atoms with Crippen molar-refractivity contribution in [3.05, 3.63) is 131 Å². The Labute approximate surface area is 417 Å². The summed E-state index contributed by atoms with van der Waals surface area (Å²) in [5.74, 6) is -0.445. The minimum absolute atomic E-state index is 0.0710. The van der Waals surface area contributed by atoms with Crippen molar-refractivity contribution in [3.63, 3.8) is 0 Å². The van der Waals surface area contributed by atoms with Crippen molar-refractivity contribution >= 4 is 93.3 Å². The van der Waals surface area contributed by atoms with E-state index in [4.69, 9.17) is 9.97 Å². The van der Waals surface area contributed by atoms with Crippen LogP contribution in [0.25, 0.3) is 90.9 Å². The molecule has 5 aromatic heterocycles. The molecule has 0 saturated carbocycles. The fraction of sp³-hybridized carbons (Fsp3) is 0.207. The molecular formula is C58H56N10O4. The Morgan fingerprint density at radius 3 is 0.958 bits per heavy atom. The van der Waals surface area contributed by atoms with Gasteiger partial charge in [0.1, 0.15) is 23.3 Å². The molecule has 8 bridgehead atoms. The lowest BCUT2D eigenvalue weighted by Gasteiger charge is -2.19. The lowest BCUT2D eigenvalue weighted by molar-refractivity contribution is -0.115. The van der Waals surface area contributed by atoms with E-state index in [9.17, 15) is 19.2 Å². The van der Waals surface area contributed by atoms with E-state index in [1.54, 1.807) is 24.3 Å². The first-order chi connectivity index (χ1) is 34.2. The number of nitrogens with zero attached hydrogens (tertiary/aromatic N) is 4. The second kappa shape index (κ2) is 18.9. The Kier molecular flexibility index (Phi) is 12.6. The lowest BCUT2D eigenvalue weighted by atomic mass is 9.86. The van der Waals surface area contributed by atoms with E-state index >= 15 is 0 Å². The van der Waals surface area contributed by atoms with Crippen LogP contribution in [0.2, 0.25) is 0 Å². The van der Waals surface area contributed by atoms with Gasteiger partial charge in [-0.25, -0.2) is 19.9 Å². The maximum absolute atomic E-state index is 12.5. The monoisotopic (exact) mass is 956 g/mol. The number of aromatic amines is 2. The molecule has 0 fully saturated rings. The number of fused-ring (bicyclic) bond motifs is 8. The highest BCUT2D eigenvalue weighted by Gasteiger charge is 2.23. The zero-order valence-electron chi connectivity index (χ0n) is 42.0. The van der Waals surface area contributed by atoms with Crippen LogP contribution in [-0.4, -0.2) is 53.5 Å². The van der Waals surface area contributed by atoms with Crippen molar-refractivity contribution in [2.45, 2.75) is 80.1 Å². The summed E-state index contributed by atoms with van der Waals surface area (Å²) >= 11 is 0. The second-order valence-corrected chi connectivity index (χ2v) is 20.1. The van der Waals surface area contributed by atoms with Gasteiger partial charge in [-0.05, 0) is 117 Å². The molecule has 14 heteroatoms. The van der Waals surface area contributed by atoms with Crippen LogP contribution in [0, 0.1) is 0 Å². The Morgan fingerprint density at radius 2 is 0.639 bits per heavy atom. The van der Waals surface area contributed by atoms with E-state index in [0.717, 1.165) is 39.2 Å². The summed E-state index contributed by atoms with van der Waals surface area (Å²) in [5.41, 5.74) is 13.8. The van der Waals surface area contributed by atoms with Gasteiger partial charge in [0.05, 0.1) is 22.8 Å². The van der Waals surface area contributed by atoms with Gasteiger partial charge >= 0.3 is 0 Å². The van der Waals surface area contributed by atoms with Crippen LogP contribution < -0.4 is 21.3 Å². The number of anilines is 4. The first-order valence-corrected chi connectivity index (χ1v) is 23.7. The van der Waals surface area contributed by atoms with Gasteiger partial charge in [0.25, 0.3) is 0 Å². The van der Waals surface area contributed by atoms with Gasteiger partial charge < -0.3 is 31.2 Å². The summed E-state index contributed by atoms with van der Waals surface area (Å²) in [4.78, 5) is 77.5. The van der Waals surface area contributed by atoms with Crippen LogP contribution in [0.4, 0.5) is 23.3 Å². The number of nitrogens with one attached hydrogen (secondary N) is 6. The van der Waals surface area contributed by atoms with Crippen LogP contribution in [-0.2, 0) is 30.0 Å². The average Bonchev–Trinajstić information content (AvgIpc) is 4.14. The van der Waals surface area contributed by atoms with Crippen LogP contribution in [0.3, 0.4) is 0 Å². The Hall–Kier alpha value is -8.78. The van der Waals surface area contributed by atoms with Crippen LogP contribution >= 0.6 is 0 Å². The normalized spacial score (nSPS) is 12.1. The van der Waals surface area contributed by atoms with Gasteiger partial charge in [-0.1, -0.05) is 90.1 Å². The molecule has 4 amide bonds. The molecule has 2 aromatic carbocycles.